The van der Waals surface area contributed by atoms with E-state index in [0.29, 0.717) is 42.9 Å². The van der Waals surface area contributed by atoms with Gasteiger partial charge in [-0.1, -0.05) is 13.8 Å². The van der Waals surface area contributed by atoms with Gasteiger partial charge in [-0.15, -0.1) is 0 Å². The highest BCUT2D eigenvalue weighted by Crippen LogP contribution is 2.66. The van der Waals surface area contributed by atoms with Crippen molar-refractivity contribution in [2.75, 3.05) is 12.4 Å². The lowest BCUT2D eigenvalue weighted by Gasteiger charge is -2.61. The number of nitrogens with one attached hydrogen (secondary N) is 1. The molecule has 3 saturated carbocycles. The number of rotatable bonds is 2. The highest BCUT2D eigenvalue weighted by atomic mass is 19.4. The molecule has 0 aromatic heterocycles. The predicted octanol–water partition coefficient (Wildman–Crippen LogP) is 7.14. The Hall–Kier alpha value is -2.26. The van der Waals surface area contributed by atoms with Crippen molar-refractivity contribution >= 4 is 17.5 Å². The van der Waals surface area contributed by atoms with Gasteiger partial charge in [0.25, 0.3) is 0 Å². The standard InChI is InChI=1S/C28H34F6N2O2/c1-25-12-10-18-16(5-9-22-26(18,2)13-11-23(37)36(22)3)17(25)7-8-20(25)24(38)35-21-14-15(27(29,30)31)4-6-19(21)28(32,33)34/h4,6,14,16-18,20,22H,5,7-13H2,1-3H3,(H,35,38)/t16-,17-,18+,20?,22?,25-,26+/m0/s1. The molecule has 10 heteroatoms. The van der Waals surface area contributed by atoms with E-state index in [2.05, 4.69) is 12.2 Å². The lowest BCUT2D eigenvalue weighted by molar-refractivity contribution is -0.159. The zero-order valence-corrected chi connectivity index (χ0v) is 21.8. The Morgan fingerprint density at radius 2 is 1.61 bits per heavy atom. The summed E-state index contributed by atoms with van der Waals surface area (Å²) in [5.41, 5.74) is -3.82. The Morgan fingerprint density at radius 3 is 2.26 bits per heavy atom. The molecule has 1 aromatic rings. The number of fused-ring (bicyclic) bond motifs is 5. The summed E-state index contributed by atoms with van der Waals surface area (Å²) >= 11 is 0. The van der Waals surface area contributed by atoms with Gasteiger partial charge in [0, 0.05) is 25.4 Å². The van der Waals surface area contributed by atoms with Gasteiger partial charge in [-0.3, -0.25) is 9.59 Å². The normalized spacial score (nSPS) is 37.3. The monoisotopic (exact) mass is 544 g/mol. The van der Waals surface area contributed by atoms with Crippen LogP contribution in [0.4, 0.5) is 32.0 Å². The number of halogens is 6. The van der Waals surface area contributed by atoms with E-state index in [-0.39, 0.29) is 23.3 Å². The molecular weight excluding hydrogens is 510 g/mol. The third-order valence-electron chi connectivity index (χ3n) is 10.8. The molecule has 2 unspecified atom stereocenters. The average molecular weight is 545 g/mol. The minimum Gasteiger partial charge on any atom is -0.342 e. The number of likely N-dealkylation sites (tertiary alicyclic amines) is 1. The van der Waals surface area contributed by atoms with E-state index in [4.69, 9.17) is 0 Å². The first-order valence-corrected chi connectivity index (χ1v) is 13.4. The van der Waals surface area contributed by atoms with Crippen molar-refractivity contribution in [1.82, 2.24) is 4.90 Å². The molecule has 1 aromatic carbocycles. The van der Waals surface area contributed by atoms with Gasteiger partial charge in [0.2, 0.25) is 11.8 Å². The number of nitrogens with zero attached hydrogens (tertiary/aromatic N) is 1. The second kappa shape index (κ2) is 8.88. The largest absolute Gasteiger partial charge is 0.418 e. The third kappa shape index (κ3) is 4.21. The number of amides is 2. The maximum atomic E-state index is 13.6. The van der Waals surface area contributed by atoms with E-state index >= 15 is 0 Å². The second-order valence-electron chi connectivity index (χ2n) is 12.4. The van der Waals surface area contributed by atoms with Gasteiger partial charge in [-0.2, -0.15) is 26.3 Å². The van der Waals surface area contributed by atoms with Crippen molar-refractivity contribution < 1.29 is 35.9 Å². The fraction of sp³-hybridized carbons (Fsp3) is 0.714. The third-order valence-corrected chi connectivity index (χ3v) is 10.8. The van der Waals surface area contributed by atoms with E-state index in [1.54, 1.807) is 0 Å². The van der Waals surface area contributed by atoms with Gasteiger partial charge in [0.1, 0.15) is 0 Å². The summed E-state index contributed by atoms with van der Waals surface area (Å²) in [7, 11) is 1.89. The smallest absolute Gasteiger partial charge is 0.342 e. The molecule has 1 heterocycles. The average Bonchev–Trinajstić information content (AvgIpc) is 3.18. The number of carbonyl (C=O) groups excluding carboxylic acids is 2. The molecule has 210 valence electrons. The predicted molar refractivity (Wildman–Crippen MR) is 129 cm³/mol. The van der Waals surface area contributed by atoms with Crippen molar-refractivity contribution in [2.24, 2.45) is 34.5 Å². The van der Waals surface area contributed by atoms with E-state index in [1.807, 2.05) is 18.9 Å². The summed E-state index contributed by atoms with van der Waals surface area (Å²) in [6.45, 7) is 4.32. The highest BCUT2D eigenvalue weighted by molar-refractivity contribution is 5.94. The number of benzene rings is 1. The Kier molecular flexibility index (Phi) is 6.38. The second-order valence-corrected chi connectivity index (χ2v) is 12.4. The van der Waals surface area contributed by atoms with E-state index in [1.165, 1.54) is 0 Å². The number of alkyl halides is 6. The fourth-order valence-electron chi connectivity index (χ4n) is 8.87. The van der Waals surface area contributed by atoms with Crippen molar-refractivity contribution in [2.45, 2.75) is 83.6 Å². The first-order chi connectivity index (χ1) is 17.6. The van der Waals surface area contributed by atoms with Crippen LogP contribution < -0.4 is 5.32 Å². The van der Waals surface area contributed by atoms with Gasteiger partial charge in [0.05, 0.1) is 16.8 Å². The SMILES string of the molecule is CN1C(=O)CC[C@@]2(C)C1CC[C@@H]1[C@H]2CC[C@]2(C)C(C(=O)Nc3cc(C(F)(F)F)ccc3C(F)(F)F)CC[C@@H]12. The lowest BCUT2D eigenvalue weighted by Crippen LogP contribution is -2.61. The molecule has 5 rings (SSSR count). The number of anilines is 1. The number of hydrogen-bond donors (Lipinski definition) is 1. The van der Waals surface area contributed by atoms with Crippen LogP contribution in [0, 0.1) is 34.5 Å². The summed E-state index contributed by atoms with van der Waals surface area (Å²) in [5, 5.41) is 2.26. The molecule has 4 aliphatic rings. The van der Waals surface area contributed by atoms with Crippen molar-refractivity contribution in [3.63, 3.8) is 0 Å². The maximum absolute atomic E-state index is 13.6. The van der Waals surface area contributed by atoms with Crippen molar-refractivity contribution in [3.05, 3.63) is 29.3 Å². The first-order valence-electron chi connectivity index (χ1n) is 13.4. The van der Waals surface area contributed by atoms with Crippen molar-refractivity contribution in [3.8, 4) is 0 Å². The van der Waals surface area contributed by atoms with Crippen LogP contribution in [0.25, 0.3) is 0 Å². The van der Waals surface area contributed by atoms with Crippen LogP contribution in [0.5, 0.6) is 0 Å². The highest BCUT2D eigenvalue weighted by Gasteiger charge is 2.62. The van der Waals surface area contributed by atoms with Gasteiger partial charge in [0.15, 0.2) is 0 Å². The molecule has 1 aliphatic heterocycles. The Bertz CT molecular complexity index is 1130. The molecule has 2 amide bonds. The fourth-order valence-corrected chi connectivity index (χ4v) is 8.87. The summed E-state index contributed by atoms with van der Waals surface area (Å²) < 4.78 is 80.6. The minimum absolute atomic E-state index is 0.00705. The van der Waals surface area contributed by atoms with Crippen LogP contribution in [-0.4, -0.2) is 29.8 Å². The van der Waals surface area contributed by atoms with Gasteiger partial charge in [-0.25, -0.2) is 0 Å². The molecule has 4 fully saturated rings. The van der Waals surface area contributed by atoms with Crippen LogP contribution in [0.2, 0.25) is 0 Å². The van der Waals surface area contributed by atoms with Crippen molar-refractivity contribution in [1.29, 1.82) is 0 Å². The van der Waals surface area contributed by atoms with Crippen LogP contribution >= 0.6 is 0 Å². The molecule has 38 heavy (non-hydrogen) atoms. The molecular formula is C28H34F6N2O2. The minimum atomic E-state index is -4.91. The van der Waals surface area contributed by atoms with Gasteiger partial charge in [-0.05, 0) is 91.7 Å². The molecule has 0 spiro atoms. The molecule has 7 atom stereocenters. The van der Waals surface area contributed by atoms with E-state index in [9.17, 15) is 35.9 Å². The number of piperidine rings is 1. The van der Waals surface area contributed by atoms with E-state index in [0.717, 1.165) is 38.5 Å². The summed E-state index contributed by atoms with van der Waals surface area (Å²) in [5.74, 6) is -0.0737. The summed E-state index contributed by atoms with van der Waals surface area (Å²) in [4.78, 5) is 27.7. The number of carbonyl (C=O) groups is 2. The quantitative estimate of drug-likeness (QED) is 0.403. The zero-order valence-electron chi connectivity index (χ0n) is 21.8. The number of hydrogen-bond acceptors (Lipinski definition) is 2. The Balaban J connectivity index is 1.39. The molecule has 4 nitrogen and oxygen atoms in total. The van der Waals surface area contributed by atoms with Crippen LogP contribution in [0.15, 0.2) is 18.2 Å². The molecule has 0 bridgehead atoms. The van der Waals surface area contributed by atoms with Gasteiger partial charge >= 0.3 is 12.4 Å². The van der Waals surface area contributed by atoms with Crippen LogP contribution in [0.3, 0.4) is 0 Å². The van der Waals surface area contributed by atoms with Gasteiger partial charge < -0.3 is 10.2 Å². The Morgan fingerprint density at radius 1 is 0.921 bits per heavy atom. The molecule has 1 saturated heterocycles. The molecule has 1 N–H and O–H groups in total. The summed E-state index contributed by atoms with van der Waals surface area (Å²) in [6, 6.07) is 1.35. The topological polar surface area (TPSA) is 49.4 Å². The molecule has 0 radical (unpaired) electrons. The Labute approximate surface area is 218 Å². The lowest BCUT2D eigenvalue weighted by atomic mass is 9.47. The van der Waals surface area contributed by atoms with E-state index < -0.39 is 46.4 Å². The summed E-state index contributed by atoms with van der Waals surface area (Å²) in [6.07, 6.45) is -3.70. The molecule has 3 aliphatic carbocycles. The first kappa shape index (κ1) is 27.3. The van der Waals surface area contributed by atoms with Crippen LogP contribution in [-0.2, 0) is 21.9 Å². The van der Waals surface area contributed by atoms with Crippen LogP contribution in [0.1, 0.15) is 76.3 Å². The maximum Gasteiger partial charge on any atom is 0.418 e. The zero-order chi connectivity index (χ0) is 27.8.